The predicted octanol–water partition coefficient (Wildman–Crippen LogP) is 1.96. The van der Waals surface area contributed by atoms with Gasteiger partial charge in [0.2, 0.25) is 5.91 Å². The predicted molar refractivity (Wildman–Crippen MR) is 62.6 cm³/mol. The zero-order chi connectivity index (χ0) is 11.5. The second-order valence-corrected chi connectivity index (χ2v) is 4.38. The Bertz CT molecular complexity index is 394. The molecule has 1 fully saturated rings. The molecule has 0 bridgehead atoms. The standard InChI is InChI=1S/C12H14ClNO2/c1-16-7-12(15)14-11-6-9(11)8-4-2-3-5-10(8)13/h2-5,9,11H,6-7H2,1H3,(H,14,15). The van der Waals surface area contributed by atoms with E-state index in [-0.39, 0.29) is 18.6 Å². The van der Waals surface area contributed by atoms with Gasteiger partial charge in [-0.2, -0.15) is 0 Å². The second-order valence-electron chi connectivity index (χ2n) is 3.97. The van der Waals surface area contributed by atoms with Gasteiger partial charge >= 0.3 is 0 Å². The number of rotatable bonds is 4. The van der Waals surface area contributed by atoms with Gasteiger partial charge in [0.15, 0.2) is 0 Å². The van der Waals surface area contributed by atoms with Crippen LogP contribution in [0.5, 0.6) is 0 Å². The van der Waals surface area contributed by atoms with Crippen molar-refractivity contribution in [2.45, 2.75) is 18.4 Å². The molecule has 16 heavy (non-hydrogen) atoms. The lowest BCUT2D eigenvalue weighted by atomic mass is 10.1. The smallest absolute Gasteiger partial charge is 0.246 e. The molecule has 1 aliphatic rings. The fourth-order valence-corrected chi connectivity index (χ4v) is 2.13. The van der Waals surface area contributed by atoms with Gasteiger partial charge in [-0.1, -0.05) is 29.8 Å². The minimum absolute atomic E-state index is 0.0675. The molecule has 2 atom stereocenters. The number of ether oxygens (including phenoxy) is 1. The van der Waals surface area contributed by atoms with Crippen molar-refractivity contribution in [2.24, 2.45) is 0 Å². The van der Waals surface area contributed by atoms with Crippen molar-refractivity contribution in [1.29, 1.82) is 0 Å². The minimum Gasteiger partial charge on any atom is -0.375 e. The monoisotopic (exact) mass is 239 g/mol. The van der Waals surface area contributed by atoms with Gasteiger partial charge in [-0.25, -0.2) is 0 Å². The van der Waals surface area contributed by atoms with E-state index in [4.69, 9.17) is 16.3 Å². The Labute approximate surface area is 99.7 Å². The average molecular weight is 240 g/mol. The third-order valence-corrected chi connectivity index (χ3v) is 3.06. The van der Waals surface area contributed by atoms with E-state index in [1.807, 2.05) is 24.3 Å². The quantitative estimate of drug-likeness (QED) is 0.872. The summed E-state index contributed by atoms with van der Waals surface area (Å²) in [6, 6.07) is 7.97. The number of methoxy groups -OCH3 is 1. The van der Waals surface area contributed by atoms with E-state index >= 15 is 0 Å². The molecule has 1 aromatic carbocycles. The van der Waals surface area contributed by atoms with Crippen LogP contribution in [-0.2, 0) is 9.53 Å². The van der Waals surface area contributed by atoms with E-state index in [9.17, 15) is 4.79 Å². The number of hydrogen-bond donors (Lipinski definition) is 1. The Kier molecular flexibility index (Phi) is 3.46. The summed E-state index contributed by atoms with van der Waals surface area (Å²) in [5.74, 6) is 0.288. The largest absolute Gasteiger partial charge is 0.375 e. The maximum atomic E-state index is 11.3. The highest BCUT2D eigenvalue weighted by molar-refractivity contribution is 6.31. The number of halogens is 1. The number of amides is 1. The van der Waals surface area contributed by atoms with Crippen molar-refractivity contribution < 1.29 is 9.53 Å². The van der Waals surface area contributed by atoms with Crippen LogP contribution in [-0.4, -0.2) is 25.7 Å². The number of benzene rings is 1. The molecule has 0 aromatic heterocycles. The normalized spacial score (nSPS) is 22.9. The Morgan fingerprint density at radius 2 is 2.31 bits per heavy atom. The first kappa shape index (κ1) is 11.4. The molecule has 1 saturated carbocycles. The van der Waals surface area contributed by atoms with Crippen LogP contribution >= 0.6 is 11.6 Å². The van der Waals surface area contributed by atoms with Crippen LogP contribution in [0.2, 0.25) is 5.02 Å². The Hall–Kier alpha value is -1.06. The molecular formula is C12H14ClNO2. The summed E-state index contributed by atoms with van der Waals surface area (Å²) < 4.78 is 4.76. The molecule has 2 unspecified atom stereocenters. The molecule has 1 amide bonds. The summed E-state index contributed by atoms with van der Waals surface area (Å²) in [6.45, 7) is 0.117. The summed E-state index contributed by atoms with van der Waals surface area (Å²) in [5, 5.41) is 3.68. The fourth-order valence-electron chi connectivity index (χ4n) is 1.85. The lowest BCUT2D eigenvalue weighted by Crippen LogP contribution is -2.29. The molecule has 0 saturated heterocycles. The van der Waals surface area contributed by atoms with Crippen molar-refractivity contribution in [1.82, 2.24) is 5.32 Å². The van der Waals surface area contributed by atoms with Crippen LogP contribution in [0, 0.1) is 0 Å². The molecular weight excluding hydrogens is 226 g/mol. The summed E-state index contributed by atoms with van der Waals surface area (Å²) in [7, 11) is 1.51. The van der Waals surface area contributed by atoms with E-state index in [1.165, 1.54) is 7.11 Å². The van der Waals surface area contributed by atoms with E-state index in [2.05, 4.69) is 5.32 Å². The summed E-state index contributed by atoms with van der Waals surface area (Å²) >= 11 is 6.08. The van der Waals surface area contributed by atoms with Gasteiger partial charge in [-0.15, -0.1) is 0 Å². The first-order chi connectivity index (χ1) is 7.72. The first-order valence-electron chi connectivity index (χ1n) is 5.25. The van der Waals surface area contributed by atoms with Gasteiger partial charge < -0.3 is 10.1 Å². The van der Waals surface area contributed by atoms with Crippen LogP contribution < -0.4 is 5.32 Å². The van der Waals surface area contributed by atoms with Crippen LogP contribution in [0.3, 0.4) is 0 Å². The third kappa shape index (κ3) is 2.54. The van der Waals surface area contributed by atoms with Crippen LogP contribution in [0.25, 0.3) is 0 Å². The van der Waals surface area contributed by atoms with Gasteiger partial charge in [0, 0.05) is 24.1 Å². The molecule has 0 heterocycles. The van der Waals surface area contributed by atoms with Gasteiger partial charge in [0.25, 0.3) is 0 Å². The number of nitrogens with one attached hydrogen (secondary N) is 1. The first-order valence-corrected chi connectivity index (χ1v) is 5.63. The lowest BCUT2D eigenvalue weighted by Gasteiger charge is -2.05. The highest BCUT2D eigenvalue weighted by Crippen LogP contribution is 2.43. The number of hydrogen-bond acceptors (Lipinski definition) is 2. The molecule has 1 aromatic rings. The van der Waals surface area contributed by atoms with E-state index < -0.39 is 0 Å². The van der Waals surface area contributed by atoms with E-state index in [0.717, 1.165) is 17.0 Å². The average Bonchev–Trinajstić information content (AvgIpc) is 2.98. The molecule has 1 N–H and O–H groups in total. The van der Waals surface area contributed by atoms with Gasteiger partial charge in [-0.3, -0.25) is 4.79 Å². The molecule has 4 heteroatoms. The maximum Gasteiger partial charge on any atom is 0.246 e. The second kappa shape index (κ2) is 4.85. The zero-order valence-electron chi connectivity index (χ0n) is 9.07. The third-order valence-electron chi connectivity index (χ3n) is 2.72. The van der Waals surface area contributed by atoms with Gasteiger partial charge in [-0.05, 0) is 18.1 Å². The lowest BCUT2D eigenvalue weighted by molar-refractivity contribution is -0.124. The Morgan fingerprint density at radius 1 is 1.56 bits per heavy atom. The maximum absolute atomic E-state index is 11.3. The topological polar surface area (TPSA) is 38.3 Å². The van der Waals surface area contributed by atoms with Crippen LogP contribution in [0.4, 0.5) is 0 Å². The highest BCUT2D eigenvalue weighted by Gasteiger charge is 2.40. The summed E-state index contributed by atoms with van der Waals surface area (Å²) in [4.78, 5) is 11.3. The number of carbonyl (C=O) groups excluding carboxylic acids is 1. The summed E-state index contributed by atoms with van der Waals surface area (Å²) in [5.41, 5.74) is 1.12. The Morgan fingerprint density at radius 3 is 3.00 bits per heavy atom. The van der Waals surface area contributed by atoms with Crippen LogP contribution in [0.15, 0.2) is 24.3 Å². The van der Waals surface area contributed by atoms with Gasteiger partial charge in [0.1, 0.15) is 6.61 Å². The fraction of sp³-hybridized carbons (Fsp3) is 0.417. The zero-order valence-corrected chi connectivity index (χ0v) is 9.83. The molecule has 1 aliphatic carbocycles. The molecule has 86 valence electrons. The number of carbonyl (C=O) groups is 1. The van der Waals surface area contributed by atoms with Crippen molar-refractivity contribution in [3.05, 3.63) is 34.9 Å². The van der Waals surface area contributed by atoms with Crippen molar-refractivity contribution in [3.8, 4) is 0 Å². The molecule has 3 nitrogen and oxygen atoms in total. The molecule has 0 spiro atoms. The Balaban J connectivity index is 1.92. The van der Waals surface area contributed by atoms with Crippen molar-refractivity contribution in [2.75, 3.05) is 13.7 Å². The SMILES string of the molecule is COCC(=O)NC1CC1c1ccccc1Cl. The van der Waals surface area contributed by atoms with E-state index in [0.29, 0.717) is 5.92 Å². The van der Waals surface area contributed by atoms with E-state index in [1.54, 1.807) is 0 Å². The minimum atomic E-state index is -0.0675. The molecule has 2 rings (SSSR count). The van der Waals surface area contributed by atoms with Crippen molar-refractivity contribution in [3.63, 3.8) is 0 Å². The van der Waals surface area contributed by atoms with Gasteiger partial charge in [0.05, 0.1) is 0 Å². The van der Waals surface area contributed by atoms with Crippen LogP contribution in [0.1, 0.15) is 17.9 Å². The summed E-state index contributed by atoms with van der Waals surface area (Å²) in [6.07, 6.45) is 0.958. The molecule has 0 radical (unpaired) electrons. The highest BCUT2D eigenvalue weighted by atomic mass is 35.5. The van der Waals surface area contributed by atoms with Crippen molar-refractivity contribution >= 4 is 17.5 Å². The molecule has 0 aliphatic heterocycles.